The van der Waals surface area contributed by atoms with Gasteiger partial charge >= 0.3 is 0 Å². The lowest BCUT2D eigenvalue weighted by Gasteiger charge is -2.28. The van der Waals surface area contributed by atoms with Crippen LogP contribution < -0.4 is 0 Å². The van der Waals surface area contributed by atoms with Crippen LogP contribution in [0, 0.1) is 0 Å². The van der Waals surface area contributed by atoms with Crippen LogP contribution in [0.5, 0.6) is 0 Å². The van der Waals surface area contributed by atoms with Crippen molar-refractivity contribution in [2.45, 2.75) is 39.5 Å². The van der Waals surface area contributed by atoms with E-state index in [0.717, 1.165) is 6.54 Å². The molecule has 0 saturated carbocycles. The number of nitrogens with zero attached hydrogens (tertiary/aromatic N) is 2. The fourth-order valence-corrected chi connectivity index (χ4v) is 1.67. The Bertz CT molecular complexity index is 152. The molecule has 0 aromatic heterocycles. The highest BCUT2D eigenvalue weighted by atomic mass is 15.2. The fraction of sp³-hybridized carbons (Fsp3) is 0.900. The van der Waals surface area contributed by atoms with Gasteiger partial charge in [0.15, 0.2) is 0 Å². The van der Waals surface area contributed by atoms with Gasteiger partial charge in [-0.1, -0.05) is 13.8 Å². The molecule has 0 unspecified atom stereocenters. The summed E-state index contributed by atoms with van der Waals surface area (Å²) < 4.78 is 0. The first kappa shape index (κ1) is 9.56. The highest BCUT2D eigenvalue weighted by Gasteiger charge is 2.12. The number of rotatable bonds is 4. The van der Waals surface area contributed by atoms with Crippen LogP contribution in [-0.2, 0) is 0 Å². The summed E-state index contributed by atoms with van der Waals surface area (Å²) in [4.78, 5) is 7.01. The summed E-state index contributed by atoms with van der Waals surface area (Å²) in [5, 5.41) is 0. The quantitative estimate of drug-likeness (QED) is 0.629. The first-order chi connectivity index (χ1) is 5.88. The summed E-state index contributed by atoms with van der Waals surface area (Å²) >= 11 is 0. The molecule has 0 bridgehead atoms. The molecule has 0 fully saturated rings. The molecule has 0 aliphatic carbocycles. The zero-order valence-electron chi connectivity index (χ0n) is 8.34. The Morgan fingerprint density at radius 2 is 2.17 bits per heavy atom. The van der Waals surface area contributed by atoms with Gasteiger partial charge in [-0.3, -0.25) is 4.99 Å². The molecule has 1 heterocycles. The Morgan fingerprint density at radius 3 is 2.83 bits per heavy atom. The van der Waals surface area contributed by atoms with Crippen molar-refractivity contribution in [1.29, 1.82) is 0 Å². The van der Waals surface area contributed by atoms with E-state index in [4.69, 9.17) is 0 Å². The molecule has 0 spiro atoms. The Kier molecular flexibility index (Phi) is 4.12. The van der Waals surface area contributed by atoms with Crippen LogP contribution >= 0.6 is 0 Å². The predicted molar refractivity (Wildman–Crippen MR) is 53.7 cm³/mol. The Balaban J connectivity index is 2.45. The standard InChI is InChI=1S/C10H20N2/c1-3-6-10-11-7-5-9-12(10)8-4-2/h3-9H2,1-2H3. The number of aliphatic imine (C=N–C) groups is 1. The third-order valence-corrected chi connectivity index (χ3v) is 2.21. The van der Waals surface area contributed by atoms with Gasteiger partial charge in [0.2, 0.25) is 0 Å². The SMILES string of the molecule is CCCC1=NCCCN1CCC. The molecule has 1 aliphatic rings. The third-order valence-electron chi connectivity index (χ3n) is 2.21. The average molecular weight is 168 g/mol. The van der Waals surface area contributed by atoms with Gasteiger partial charge in [-0.05, 0) is 19.3 Å². The summed E-state index contributed by atoms with van der Waals surface area (Å²) in [5.74, 6) is 1.35. The van der Waals surface area contributed by atoms with E-state index in [1.807, 2.05) is 0 Å². The second kappa shape index (κ2) is 5.18. The van der Waals surface area contributed by atoms with Crippen LogP contribution in [-0.4, -0.2) is 30.4 Å². The summed E-state index contributed by atoms with van der Waals surface area (Å²) in [5.41, 5.74) is 0. The smallest absolute Gasteiger partial charge is 0.0988 e. The van der Waals surface area contributed by atoms with E-state index < -0.39 is 0 Å². The lowest BCUT2D eigenvalue weighted by atomic mass is 10.2. The van der Waals surface area contributed by atoms with Crippen LogP contribution in [0.15, 0.2) is 4.99 Å². The first-order valence-electron chi connectivity index (χ1n) is 5.16. The maximum atomic E-state index is 4.56. The van der Waals surface area contributed by atoms with Crippen molar-refractivity contribution in [1.82, 2.24) is 4.90 Å². The van der Waals surface area contributed by atoms with Crippen LogP contribution in [0.1, 0.15) is 39.5 Å². The molecule has 0 aromatic carbocycles. The molecule has 1 rings (SSSR count). The van der Waals surface area contributed by atoms with Crippen molar-refractivity contribution in [2.24, 2.45) is 4.99 Å². The van der Waals surface area contributed by atoms with Crippen LogP contribution in [0.25, 0.3) is 0 Å². The van der Waals surface area contributed by atoms with Crippen molar-refractivity contribution in [3.05, 3.63) is 0 Å². The molecule has 1 aliphatic heterocycles. The largest absolute Gasteiger partial charge is 0.360 e. The highest BCUT2D eigenvalue weighted by Crippen LogP contribution is 2.07. The zero-order valence-corrected chi connectivity index (χ0v) is 8.34. The van der Waals surface area contributed by atoms with Gasteiger partial charge in [0.05, 0.1) is 5.84 Å². The van der Waals surface area contributed by atoms with Gasteiger partial charge in [0.25, 0.3) is 0 Å². The van der Waals surface area contributed by atoms with E-state index >= 15 is 0 Å². The van der Waals surface area contributed by atoms with E-state index in [2.05, 4.69) is 23.7 Å². The number of amidine groups is 1. The summed E-state index contributed by atoms with van der Waals surface area (Å²) in [6.07, 6.45) is 4.87. The van der Waals surface area contributed by atoms with Crippen LogP contribution in [0.2, 0.25) is 0 Å². The molecule has 2 nitrogen and oxygen atoms in total. The Hall–Kier alpha value is -0.530. The molecule has 0 saturated heterocycles. The lowest BCUT2D eigenvalue weighted by Crippen LogP contribution is -2.36. The second-order valence-corrected chi connectivity index (χ2v) is 3.39. The molecule has 0 radical (unpaired) electrons. The first-order valence-corrected chi connectivity index (χ1v) is 5.16. The maximum absolute atomic E-state index is 4.56. The van der Waals surface area contributed by atoms with Gasteiger partial charge < -0.3 is 4.90 Å². The third kappa shape index (κ3) is 2.50. The van der Waals surface area contributed by atoms with Gasteiger partial charge in [-0.25, -0.2) is 0 Å². The highest BCUT2D eigenvalue weighted by molar-refractivity contribution is 5.82. The van der Waals surface area contributed by atoms with Gasteiger partial charge in [-0.2, -0.15) is 0 Å². The molecular formula is C10H20N2. The topological polar surface area (TPSA) is 15.6 Å². The zero-order chi connectivity index (χ0) is 8.81. The molecule has 2 heteroatoms. The molecule has 0 N–H and O–H groups in total. The molecule has 0 aromatic rings. The average Bonchev–Trinajstić information content (AvgIpc) is 2.09. The van der Waals surface area contributed by atoms with E-state index in [1.54, 1.807) is 0 Å². The van der Waals surface area contributed by atoms with E-state index in [9.17, 15) is 0 Å². The molecular weight excluding hydrogens is 148 g/mol. The van der Waals surface area contributed by atoms with Crippen molar-refractivity contribution in [3.63, 3.8) is 0 Å². The van der Waals surface area contributed by atoms with E-state index in [0.29, 0.717) is 0 Å². The summed E-state index contributed by atoms with van der Waals surface area (Å²) in [6, 6.07) is 0. The molecule has 0 amide bonds. The minimum atomic E-state index is 1.05. The van der Waals surface area contributed by atoms with Gasteiger partial charge in [-0.15, -0.1) is 0 Å². The minimum Gasteiger partial charge on any atom is -0.360 e. The number of hydrogen-bond acceptors (Lipinski definition) is 2. The Morgan fingerprint density at radius 1 is 1.33 bits per heavy atom. The second-order valence-electron chi connectivity index (χ2n) is 3.39. The van der Waals surface area contributed by atoms with Crippen molar-refractivity contribution in [2.75, 3.05) is 19.6 Å². The van der Waals surface area contributed by atoms with Gasteiger partial charge in [0.1, 0.15) is 0 Å². The van der Waals surface area contributed by atoms with Crippen molar-refractivity contribution >= 4 is 5.84 Å². The van der Waals surface area contributed by atoms with Crippen LogP contribution in [0.3, 0.4) is 0 Å². The van der Waals surface area contributed by atoms with Gasteiger partial charge in [0, 0.05) is 26.1 Å². The van der Waals surface area contributed by atoms with Crippen molar-refractivity contribution < 1.29 is 0 Å². The predicted octanol–water partition coefficient (Wildman–Crippen LogP) is 2.30. The van der Waals surface area contributed by atoms with Crippen molar-refractivity contribution in [3.8, 4) is 0 Å². The van der Waals surface area contributed by atoms with E-state index in [1.165, 1.54) is 44.6 Å². The number of hydrogen-bond donors (Lipinski definition) is 0. The molecule has 12 heavy (non-hydrogen) atoms. The minimum absolute atomic E-state index is 1.05. The monoisotopic (exact) mass is 168 g/mol. The molecule has 0 atom stereocenters. The Labute approximate surface area is 75.7 Å². The maximum Gasteiger partial charge on any atom is 0.0988 e. The summed E-state index contributed by atoms with van der Waals surface area (Å²) in [7, 11) is 0. The van der Waals surface area contributed by atoms with Crippen LogP contribution in [0.4, 0.5) is 0 Å². The van der Waals surface area contributed by atoms with E-state index in [-0.39, 0.29) is 0 Å². The summed E-state index contributed by atoms with van der Waals surface area (Å²) in [6.45, 7) is 7.93. The normalized spacial score (nSPS) is 17.8. The molecule has 70 valence electrons. The lowest BCUT2D eigenvalue weighted by molar-refractivity contribution is 0.384. The fourth-order valence-electron chi connectivity index (χ4n) is 1.67.